The van der Waals surface area contributed by atoms with E-state index in [1.165, 1.54) is 0 Å². The second-order valence-electron chi connectivity index (χ2n) is 17.1. The predicted molar refractivity (Wildman–Crippen MR) is 213 cm³/mol. The second-order valence-corrected chi connectivity index (χ2v) is 17.1. The molecule has 0 bridgehead atoms. The van der Waals surface area contributed by atoms with Gasteiger partial charge in [0.1, 0.15) is 22.7 Å². The van der Waals surface area contributed by atoms with Crippen LogP contribution in [0.1, 0.15) is 120 Å². The lowest BCUT2D eigenvalue weighted by Crippen LogP contribution is -2.56. The number of imidazole rings is 2. The molecular weight excluding hydrogens is 681 g/mol. The third-order valence-electron chi connectivity index (χ3n) is 9.43. The zero-order valence-electron chi connectivity index (χ0n) is 33.9. The number of carbonyl (C=O) groups excluding carboxylic acids is 4. The average Bonchev–Trinajstić information content (AvgIpc) is 3.79. The number of carbonyl (C=O) groups is 4. The highest BCUT2D eigenvalue weighted by atomic mass is 16.2. The highest BCUT2D eigenvalue weighted by molar-refractivity contribution is 5.91. The predicted octanol–water partition coefficient (Wildman–Crippen LogP) is 7.15. The van der Waals surface area contributed by atoms with Gasteiger partial charge in [0.05, 0.1) is 35.9 Å². The minimum absolute atomic E-state index is 0.191. The number of hydrogen-bond donors (Lipinski definition) is 6. The van der Waals surface area contributed by atoms with Gasteiger partial charge in [0.25, 0.3) is 0 Å². The van der Waals surface area contributed by atoms with Crippen LogP contribution in [0, 0.1) is 10.8 Å². The molecule has 54 heavy (non-hydrogen) atoms. The number of H-pyrrole nitrogens is 2. The molecule has 4 aromatic rings. The molecule has 0 fully saturated rings. The number of nitrogens with one attached hydrogen (secondary N) is 6. The fourth-order valence-corrected chi connectivity index (χ4v) is 5.95. The Hall–Kier alpha value is -5.26. The molecule has 2 heterocycles. The van der Waals surface area contributed by atoms with Crippen LogP contribution in [0.3, 0.4) is 0 Å². The van der Waals surface area contributed by atoms with Crippen molar-refractivity contribution in [3.63, 3.8) is 0 Å². The van der Waals surface area contributed by atoms with Crippen molar-refractivity contribution < 1.29 is 19.2 Å². The SMILES string of the molecule is CCC(=O)NC(C)(C)C(=O)N[C@H](c1ncc(-c2ccc(-c3ccc(-c4cnc([C@@H](NC(=O)C(C)(C)NC(=O)CC)C(C)(C)C)[nH]4)cc3)cc2)[nH]1)C(C)(C)C. The number of aromatic nitrogens is 4. The van der Waals surface area contributed by atoms with E-state index in [0.717, 1.165) is 33.6 Å². The van der Waals surface area contributed by atoms with Crippen LogP contribution < -0.4 is 21.3 Å². The molecule has 0 saturated carbocycles. The topological polar surface area (TPSA) is 174 Å². The van der Waals surface area contributed by atoms with Crippen molar-refractivity contribution in [1.29, 1.82) is 0 Å². The van der Waals surface area contributed by atoms with Crippen LogP contribution in [0.15, 0.2) is 60.9 Å². The molecule has 2 atom stereocenters. The molecule has 0 spiro atoms. The molecule has 12 heteroatoms. The van der Waals surface area contributed by atoms with Gasteiger partial charge in [0.15, 0.2) is 0 Å². The maximum Gasteiger partial charge on any atom is 0.245 e. The van der Waals surface area contributed by atoms with Gasteiger partial charge in [-0.2, -0.15) is 0 Å². The quantitative estimate of drug-likeness (QED) is 0.0850. The first-order valence-corrected chi connectivity index (χ1v) is 18.6. The Morgan fingerprint density at radius 1 is 0.537 bits per heavy atom. The van der Waals surface area contributed by atoms with Crippen molar-refractivity contribution >= 4 is 23.6 Å². The van der Waals surface area contributed by atoms with Crippen molar-refractivity contribution in [2.45, 2.75) is 119 Å². The van der Waals surface area contributed by atoms with Crippen molar-refractivity contribution in [3.8, 4) is 33.6 Å². The van der Waals surface area contributed by atoms with Gasteiger partial charge in [-0.3, -0.25) is 19.2 Å². The lowest BCUT2D eigenvalue weighted by Gasteiger charge is -2.33. The monoisotopic (exact) mass is 738 g/mol. The lowest BCUT2D eigenvalue weighted by atomic mass is 9.85. The number of benzene rings is 2. The molecule has 0 aliphatic heterocycles. The van der Waals surface area contributed by atoms with Crippen LogP contribution in [0.5, 0.6) is 0 Å². The van der Waals surface area contributed by atoms with Gasteiger partial charge in [-0.25, -0.2) is 9.97 Å². The molecule has 6 N–H and O–H groups in total. The third-order valence-corrected chi connectivity index (χ3v) is 9.43. The Bertz CT molecular complexity index is 1800. The van der Waals surface area contributed by atoms with Crippen LogP contribution in [0.2, 0.25) is 0 Å². The van der Waals surface area contributed by atoms with E-state index in [2.05, 4.69) is 65.5 Å². The summed E-state index contributed by atoms with van der Waals surface area (Å²) in [5.74, 6) is 0.300. The van der Waals surface area contributed by atoms with Crippen LogP contribution in [0.25, 0.3) is 33.6 Å². The van der Waals surface area contributed by atoms with E-state index >= 15 is 0 Å². The molecule has 0 saturated heterocycles. The zero-order chi connectivity index (χ0) is 40.2. The molecule has 2 aromatic carbocycles. The highest BCUT2D eigenvalue weighted by Gasteiger charge is 2.37. The molecule has 2 aromatic heterocycles. The van der Waals surface area contributed by atoms with Crippen molar-refractivity contribution in [3.05, 3.63) is 72.6 Å². The normalized spacial score (nSPS) is 13.5. The van der Waals surface area contributed by atoms with Crippen molar-refractivity contribution in [2.75, 3.05) is 0 Å². The number of hydrogen-bond acceptors (Lipinski definition) is 6. The molecule has 290 valence electrons. The van der Waals surface area contributed by atoms with Gasteiger partial charge < -0.3 is 31.2 Å². The summed E-state index contributed by atoms with van der Waals surface area (Å²) in [5.41, 5.74) is 2.74. The molecule has 4 rings (SSSR count). The van der Waals surface area contributed by atoms with Gasteiger partial charge in [0, 0.05) is 12.8 Å². The summed E-state index contributed by atoms with van der Waals surface area (Å²) in [6.07, 6.45) is 4.13. The van der Waals surface area contributed by atoms with E-state index < -0.39 is 23.2 Å². The summed E-state index contributed by atoms with van der Waals surface area (Å²) in [6.45, 7) is 22.5. The number of aromatic amines is 2. The fraction of sp³-hybridized carbons (Fsp3) is 0.476. The Balaban J connectivity index is 1.48. The van der Waals surface area contributed by atoms with Crippen molar-refractivity contribution in [2.24, 2.45) is 10.8 Å². The van der Waals surface area contributed by atoms with Gasteiger partial charge >= 0.3 is 0 Å². The van der Waals surface area contributed by atoms with Gasteiger partial charge in [0.2, 0.25) is 23.6 Å². The largest absolute Gasteiger partial charge is 0.344 e. The van der Waals surface area contributed by atoms with Crippen molar-refractivity contribution in [1.82, 2.24) is 41.2 Å². The van der Waals surface area contributed by atoms with Gasteiger partial charge in [-0.05, 0) is 60.8 Å². The summed E-state index contributed by atoms with van der Waals surface area (Å²) in [5, 5.41) is 11.8. The number of rotatable bonds is 13. The van der Waals surface area contributed by atoms with E-state index in [1.807, 2.05) is 65.8 Å². The van der Waals surface area contributed by atoms with E-state index in [4.69, 9.17) is 0 Å². The van der Waals surface area contributed by atoms with E-state index in [0.29, 0.717) is 24.5 Å². The van der Waals surface area contributed by atoms with E-state index in [-0.39, 0.29) is 34.5 Å². The summed E-state index contributed by atoms with van der Waals surface area (Å²) < 4.78 is 0. The maximum absolute atomic E-state index is 13.3. The maximum atomic E-state index is 13.3. The molecule has 0 radical (unpaired) electrons. The summed E-state index contributed by atoms with van der Waals surface area (Å²) in [4.78, 5) is 66.7. The first-order chi connectivity index (χ1) is 25.1. The average molecular weight is 739 g/mol. The van der Waals surface area contributed by atoms with Gasteiger partial charge in [-0.15, -0.1) is 0 Å². The Kier molecular flexibility index (Phi) is 12.3. The summed E-state index contributed by atoms with van der Waals surface area (Å²) in [6, 6.07) is 15.5. The molecule has 4 amide bonds. The molecule has 12 nitrogen and oxygen atoms in total. The zero-order valence-corrected chi connectivity index (χ0v) is 33.9. The Labute approximate surface area is 319 Å². The third kappa shape index (κ3) is 10.0. The number of nitrogens with zero attached hydrogens (tertiary/aromatic N) is 2. The van der Waals surface area contributed by atoms with Crippen LogP contribution in [-0.2, 0) is 19.2 Å². The Morgan fingerprint density at radius 2 is 0.833 bits per heavy atom. The second kappa shape index (κ2) is 16.0. The molecule has 0 aliphatic rings. The molecule has 0 aliphatic carbocycles. The van der Waals surface area contributed by atoms with E-state index in [9.17, 15) is 19.2 Å². The first-order valence-electron chi connectivity index (χ1n) is 18.6. The lowest BCUT2D eigenvalue weighted by molar-refractivity contribution is -0.133. The standard InChI is InChI=1S/C42H58N8O4/c1-13-31(51)49-41(9,10)37(53)47-33(39(3,4)5)35-43-23-29(45-35)27-19-15-25(16-20-27)26-17-21-28(22-18-26)30-24-44-36(46-30)34(40(6,7)8)48-38(54)42(11,12)50-32(52)14-2/h15-24,33-34H,13-14H2,1-12H3,(H,43,45)(H,44,46)(H,47,53)(H,48,54)(H,49,51)(H,50,52)/t33-,34-/m1/s1. The number of amides is 4. The first kappa shape index (κ1) is 41.5. The fourth-order valence-electron chi connectivity index (χ4n) is 5.95. The van der Waals surface area contributed by atoms with Crippen LogP contribution >= 0.6 is 0 Å². The van der Waals surface area contributed by atoms with Crippen LogP contribution in [-0.4, -0.2) is 54.6 Å². The summed E-state index contributed by atoms with van der Waals surface area (Å²) in [7, 11) is 0. The highest BCUT2D eigenvalue weighted by Crippen LogP contribution is 2.35. The van der Waals surface area contributed by atoms with Gasteiger partial charge in [-0.1, -0.05) is 104 Å². The molecular formula is C42H58N8O4. The minimum Gasteiger partial charge on any atom is -0.344 e. The Morgan fingerprint density at radius 3 is 1.11 bits per heavy atom. The van der Waals surface area contributed by atoms with E-state index in [1.54, 1.807) is 53.9 Å². The minimum atomic E-state index is -1.08. The summed E-state index contributed by atoms with van der Waals surface area (Å²) >= 11 is 0. The smallest absolute Gasteiger partial charge is 0.245 e. The van der Waals surface area contributed by atoms with Crippen LogP contribution in [0.4, 0.5) is 0 Å². The molecule has 0 unspecified atom stereocenters.